The number of carbonyl (C=O) groups is 2. The summed E-state index contributed by atoms with van der Waals surface area (Å²) in [7, 11) is 0. The molecule has 0 aliphatic carbocycles. The molecule has 1 fully saturated rings. The van der Waals surface area contributed by atoms with E-state index >= 15 is 0 Å². The molecule has 0 saturated carbocycles. The number of amides is 2. The van der Waals surface area contributed by atoms with Crippen molar-refractivity contribution in [2.75, 3.05) is 26.2 Å². The maximum Gasteiger partial charge on any atom is 0.242 e. The molecular weight excluding hydrogens is 242 g/mol. The minimum atomic E-state index is -0.779. The highest BCUT2D eigenvalue weighted by atomic mass is 16.2. The van der Waals surface area contributed by atoms with E-state index in [0.29, 0.717) is 32.5 Å². The molecule has 5 nitrogen and oxygen atoms in total. The zero-order valence-corrected chi connectivity index (χ0v) is 12.4. The highest BCUT2D eigenvalue weighted by Gasteiger charge is 2.32. The van der Waals surface area contributed by atoms with Gasteiger partial charge in [0.25, 0.3) is 0 Å². The van der Waals surface area contributed by atoms with Crippen LogP contribution in [-0.4, -0.2) is 53.3 Å². The lowest BCUT2D eigenvalue weighted by atomic mass is 9.95. The molecule has 19 heavy (non-hydrogen) atoms. The van der Waals surface area contributed by atoms with Crippen LogP contribution in [0.1, 0.15) is 46.5 Å². The van der Waals surface area contributed by atoms with E-state index in [1.807, 2.05) is 23.6 Å². The van der Waals surface area contributed by atoms with Crippen molar-refractivity contribution in [3.63, 3.8) is 0 Å². The van der Waals surface area contributed by atoms with Crippen molar-refractivity contribution in [3.05, 3.63) is 0 Å². The lowest BCUT2D eigenvalue weighted by molar-refractivity contribution is -0.137. The van der Waals surface area contributed by atoms with E-state index in [4.69, 9.17) is 5.73 Å². The predicted octanol–water partition coefficient (Wildman–Crippen LogP) is 0.975. The summed E-state index contributed by atoms with van der Waals surface area (Å²) >= 11 is 0. The first-order chi connectivity index (χ1) is 8.92. The average molecular weight is 269 g/mol. The van der Waals surface area contributed by atoms with Crippen LogP contribution in [0.2, 0.25) is 0 Å². The molecular formula is C14H27N3O2. The second-order valence-corrected chi connectivity index (χ2v) is 5.55. The Balaban J connectivity index is 2.62. The molecule has 5 heteroatoms. The Morgan fingerprint density at radius 2 is 1.68 bits per heavy atom. The van der Waals surface area contributed by atoms with Crippen LogP contribution in [0.25, 0.3) is 0 Å². The highest BCUT2D eigenvalue weighted by molar-refractivity contribution is 5.85. The van der Waals surface area contributed by atoms with E-state index < -0.39 is 5.54 Å². The summed E-state index contributed by atoms with van der Waals surface area (Å²) in [6.07, 6.45) is 2.95. The number of hydrogen-bond acceptors (Lipinski definition) is 3. The molecule has 2 N–H and O–H groups in total. The molecule has 0 spiro atoms. The number of nitrogens with zero attached hydrogens (tertiary/aromatic N) is 2. The molecule has 1 aliphatic rings. The van der Waals surface area contributed by atoms with Crippen LogP contribution in [0.3, 0.4) is 0 Å². The van der Waals surface area contributed by atoms with Crippen molar-refractivity contribution < 1.29 is 9.59 Å². The van der Waals surface area contributed by atoms with Crippen molar-refractivity contribution in [1.29, 1.82) is 0 Å². The van der Waals surface area contributed by atoms with E-state index in [0.717, 1.165) is 19.4 Å². The molecule has 1 aliphatic heterocycles. The Bertz CT molecular complexity index is 329. The maximum absolute atomic E-state index is 12.4. The fourth-order valence-corrected chi connectivity index (χ4v) is 2.58. The van der Waals surface area contributed by atoms with Crippen LogP contribution in [-0.2, 0) is 9.59 Å². The summed E-state index contributed by atoms with van der Waals surface area (Å²) < 4.78 is 0. The summed E-state index contributed by atoms with van der Waals surface area (Å²) in [5, 5.41) is 0. The van der Waals surface area contributed by atoms with Gasteiger partial charge in [0.15, 0.2) is 0 Å². The van der Waals surface area contributed by atoms with Gasteiger partial charge in [0.05, 0.1) is 5.54 Å². The van der Waals surface area contributed by atoms with Gasteiger partial charge in [0, 0.05) is 32.6 Å². The van der Waals surface area contributed by atoms with E-state index in [2.05, 4.69) is 0 Å². The minimum Gasteiger partial charge on any atom is -0.341 e. The first kappa shape index (κ1) is 16.0. The zero-order valence-electron chi connectivity index (χ0n) is 12.4. The second kappa shape index (κ2) is 6.89. The smallest absolute Gasteiger partial charge is 0.242 e. The van der Waals surface area contributed by atoms with Crippen molar-refractivity contribution >= 4 is 11.8 Å². The lowest BCUT2D eigenvalue weighted by Gasteiger charge is -2.31. The van der Waals surface area contributed by atoms with Crippen LogP contribution in [0, 0.1) is 0 Å². The SMILES string of the molecule is CCCC(C)(N)C(=O)N1CCCN(C(=O)CC)CC1. The Labute approximate surface area is 116 Å². The third-order valence-electron chi connectivity index (χ3n) is 3.70. The number of nitrogens with two attached hydrogens (primary N) is 1. The van der Waals surface area contributed by atoms with Crippen molar-refractivity contribution in [1.82, 2.24) is 9.80 Å². The second-order valence-electron chi connectivity index (χ2n) is 5.55. The Kier molecular flexibility index (Phi) is 5.79. The van der Waals surface area contributed by atoms with Gasteiger partial charge in [-0.25, -0.2) is 0 Å². The zero-order chi connectivity index (χ0) is 14.5. The number of carbonyl (C=O) groups excluding carboxylic acids is 2. The van der Waals surface area contributed by atoms with Gasteiger partial charge in [-0.1, -0.05) is 20.3 Å². The molecule has 0 aromatic carbocycles. The maximum atomic E-state index is 12.4. The van der Waals surface area contributed by atoms with E-state index in [-0.39, 0.29) is 11.8 Å². The Morgan fingerprint density at radius 3 is 2.26 bits per heavy atom. The van der Waals surface area contributed by atoms with E-state index in [9.17, 15) is 9.59 Å². The first-order valence-electron chi connectivity index (χ1n) is 7.28. The highest BCUT2D eigenvalue weighted by Crippen LogP contribution is 2.15. The average Bonchev–Trinajstić information content (AvgIpc) is 2.62. The third kappa shape index (κ3) is 4.20. The molecule has 2 amide bonds. The molecule has 0 aromatic rings. The molecule has 0 bridgehead atoms. The summed E-state index contributed by atoms with van der Waals surface area (Å²) in [5.41, 5.74) is 5.32. The Morgan fingerprint density at radius 1 is 1.11 bits per heavy atom. The van der Waals surface area contributed by atoms with Gasteiger partial charge < -0.3 is 15.5 Å². The quantitative estimate of drug-likeness (QED) is 0.827. The number of hydrogen-bond donors (Lipinski definition) is 1. The topological polar surface area (TPSA) is 66.6 Å². The van der Waals surface area contributed by atoms with Crippen LogP contribution in [0.4, 0.5) is 0 Å². The molecule has 0 radical (unpaired) electrons. The monoisotopic (exact) mass is 269 g/mol. The lowest BCUT2D eigenvalue weighted by Crippen LogP contribution is -2.54. The van der Waals surface area contributed by atoms with Gasteiger partial charge >= 0.3 is 0 Å². The first-order valence-corrected chi connectivity index (χ1v) is 7.28. The van der Waals surface area contributed by atoms with E-state index in [1.54, 1.807) is 6.92 Å². The fraction of sp³-hybridized carbons (Fsp3) is 0.857. The van der Waals surface area contributed by atoms with Gasteiger partial charge in [-0.05, 0) is 19.8 Å². The van der Waals surface area contributed by atoms with Gasteiger partial charge in [0.1, 0.15) is 0 Å². The molecule has 1 saturated heterocycles. The standard InChI is InChI=1S/C14H27N3O2/c1-4-7-14(3,15)13(19)17-9-6-8-16(10-11-17)12(18)5-2/h4-11,15H2,1-3H3. The molecule has 1 rings (SSSR count). The number of rotatable bonds is 4. The molecule has 1 heterocycles. The minimum absolute atomic E-state index is 0.0140. The third-order valence-corrected chi connectivity index (χ3v) is 3.70. The summed E-state index contributed by atoms with van der Waals surface area (Å²) in [6.45, 7) is 8.37. The fourth-order valence-electron chi connectivity index (χ4n) is 2.58. The normalized spacial score (nSPS) is 19.8. The van der Waals surface area contributed by atoms with Gasteiger partial charge in [0.2, 0.25) is 11.8 Å². The summed E-state index contributed by atoms with van der Waals surface area (Å²) in [4.78, 5) is 27.8. The van der Waals surface area contributed by atoms with E-state index in [1.165, 1.54) is 0 Å². The van der Waals surface area contributed by atoms with Crippen molar-refractivity contribution in [2.45, 2.75) is 52.0 Å². The summed E-state index contributed by atoms with van der Waals surface area (Å²) in [5.74, 6) is 0.179. The molecule has 1 unspecified atom stereocenters. The van der Waals surface area contributed by atoms with Crippen LogP contribution in [0.15, 0.2) is 0 Å². The molecule has 0 aromatic heterocycles. The van der Waals surface area contributed by atoms with Gasteiger partial charge in [-0.3, -0.25) is 9.59 Å². The molecule has 110 valence electrons. The van der Waals surface area contributed by atoms with Crippen molar-refractivity contribution in [2.24, 2.45) is 5.73 Å². The van der Waals surface area contributed by atoms with Gasteiger partial charge in [-0.2, -0.15) is 0 Å². The van der Waals surface area contributed by atoms with Crippen LogP contribution >= 0.6 is 0 Å². The van der Waals surface area contributed by atoms with Gasteiger partial charge in [-0.15, -0.1) is 0 Å². The predicted molar refractivity (Wildman–Crippen MR) is 75.6 cm³/mol. The van der Waals surface area contributed by atoms with Crippen molar-refractivity contribution in [3.8, 4) is 0 Å². The molecule has 1 atom stereocenters. The van der Waals surface area contributed by atoms with Crippen LogP contribution < -0.4 is 5.73 Å². The largest absolute Gasteiger partial charge is 0.341 e. The summed E-state index contributed by atoms with van der Waals surface area (Å²) in [6, 6.07) is 0. The Hall–Kier alpha value is -1.10. The van der Waals surface area contributed by atoms with Crippen LogP contribution in [0.5, 0.6) is 0 Å².